The Kier molecular flexibility index (Phi) is 5.91. The molecule has 0 bridgehead atoms. The van der Waals surface area contributed by atoms with Gasteiger partial charge in [-0.05, 0) is 72.1 Å². The van der Waals surface area contributed by atoms with E-state index in [-0.39, 0.29) is 17.5 Å². The molecule has 0 saturated carbocycles. The summed E-state index contributed by atoms with van der Waals surface area (Å²) in [4.78, 5) is 28.2. The first kappa shape index (κ1) is 23.5. The fraction of sp³-hybridized carbons (Fsp3) is 0.636. The number of rotatable bonds is 3. The fourth-order valence-electron chi connectivity index (χ4n) is 3.38. The van der Waals surface area contributed by atoms with E-state index in [4.69, 9.17) is 14.0 Å². The number of halogens is 1. The summed E-state index contributed by atoms with van der Waals surface area (Å²) in [6.45, 7) is 13.8. The molecule has 0 unspecified atom stereocenters. The highest BCUT2D eigenvalue weighted by Gasteiger charge is 2.52. The summed E-state index contributed by atoms with van der Waals surface area (Å²) >= 11 is 0. The highest BCUT2D eigenvalue weighted by molar-refractivity contribution is 6.62. The maximum atomic E-state index is 14.3. The molecule has 1 aromatic carbocycles. The Morgan fingerprint density at radius 1 is 1.13 bits per heavy atom. The van der Waals surface area contributed by atoms with Crippen LogP contribution in [0, 0.1) is 5.82 Å². The molecule has 0 spiro atoms. The van der Waals surface area contributed by atoms with Gasteiger partial charge in [0.15, 0.2) is 0 Å². The number of hydrogen-bond acceptors (Lipinski definition) is 5. The number of amides is 2. The zero-order valence-electron chi connectivity index (χ0n) is 19.6. The van der Waals surface area contributed by atoms with Crippen LogP contribution in [-0.2, 0) is 14.0 Å². The van der Waals surface area contributed by atoms with Crippen molar-refractivity contribution in [2.45, 2.75) is 71.3 Å². The van der Waals surface area contributed by atoms with Crippen LogP contribution in [0.3, 0.4) is 0 Å². The first-order valence-electron chi connectivity index (χ1n) is 10.5. The largest absolute Gasteiger partial charge is 0.494 e. The van der Waals surface area contributed by atoms with Crippen molar-refractivity contribution in [2.75, 3.05) is 20.1 Å². The Labute approximate surface area is 184 Å². The Balaban J connectivity index is 1.67. The van der Waals surface area contributed by atoms with Crippen LogP contribution >= 0.6 is 0 Å². The van der Waals surface area contributed by atoms with E-state index in [0.29, 0.717) is 18.6 Å². The molecule has 2 heterocycles. The first-order chi connectivity index (χ1) is 14.1. The van der Waals surface area contributed by atoms with E-state index in [1.807, 2.05) is 27.7 Å². The number of nitrogens with zero attached hydrogens (tertiary/aromatic N) is 2. The summed E-state index contributed by atoms with van der Waals surface area (Å²) in [5.74, 6) is -0.829. The molecule has 0 radical (unpaired) electrons. The van der Waals surface area contributed by atoms with E-state index in [1.165, 1.54) is 17.0 Å². The molecule has 0 aliphatic carbocycles. The molecule has 2 saturated heterocycles. The number of likely N-dealkylation sites (tertiary alicyclic amines) is 1. The summed E-state index contributed by atoms with van der Waals surface area (Å²) in [6.07, 6.45) is -0.432. The average Bonchev–Trinajstić information content (AvgIpc) is 2.79. The second-order valence-electron chi connectivity index (χ2n) is 10.3. The van der Waals surface area contributed by atoms with Gasteiger partial charge in [-0.1, -0.05) is 0 Å². The Hall–Kier alpha value is -2.13. The van der Waals surface area contributed by atoms with Crippen LogP contribution in [0.25, 0.3) is 0 Å². The lowest BCUT2D eigenvalue weighted by atomic mass is 9.78. The number of ether oxygens (including phenoxy) is 1. The summed E-state index contributed by atoms with van der Waals surface area (Å²) in [5, 5.41) is 0. The molecule has 170 valence electrons. The van der Waals surface area contributed by atoms with Crippen molar-refractivity contribution < 1.29 is 28.0 Å². The van der Waals surface area contributed by atoms with E-state index in [0.717, 1.165) is 0 Å². The third kappa shape index (κ3) is 4.87. The Bertz CT molecular complexity index is 861. The minimum absolute atomic E-state index is 0.144. The third-order valence-electron chi connectivity index (χ3n) is 6.07. The standard InChI is InChI=1S/C22H32BFN2O5/c1-20(2,3)29-19(28)25(8)17-12-26(13-17)18(27)14-9-15(11-16(24)10-14)23-30-21(4,5)22(6,7)31-23/h9-11,17H,12-13H2,1-8H3. The highest BCUT2D eigenvalue weighted by Crippen LogP contribution is 2.36. The van der Waals surface area contributed by atoms with E-state index < -0.39 is 35.8 Å². The molecule has 0 atom stereocenters. The molecule has 0 N–H and O–H groups in total. The van der Waals surface area contributed by atoms with Gasteiger partial charge in [0.1, 0.15) is 11.4 Å². The van der Waals surface area contributed by atoms with E-state index in [1.54, 1.807) is 38.8 Å². The van der Waals surface area contributed by atoms with Crippen molar-refractivity contribution in [1.29, 1.82) is 0 Å². The summed E-state index contributed by atoms with van der Waals surface area (Å²) in [5.41, 5.74) is -1.03. The second kappa shape index (κ2) is 7.78. The van der Waals surface area contributed by atoms with Crippen LogP contribution in [0.15, 0.2) is 18.2 Å². The predicted octanol–water partition coefficient (Wildman–Crippen LogP) is 2.82. The fourth-order valence-corrected chi connectivity index (χ4v) is 3.38. The van der Waals surface area contributed by atoms with E-state index in [2.05, 4.69) is 0 Å². The first-order valence-corrected chi connectivity index (χ1v) is 10.5. The number of hydrogen-bond donors (Lipinski definition) is 0. The normalized spacial score (nSPS) is 20.4. The van der Waals surface area contributed by atoms with Crippen LogP contribution in [0.1, 0.15) is 58.8 Å². The highest BCUT2D eigenvalue weighted by atomic mass is 19.1. The van der Waals surface area contributed by atoms with Gasteiger partial charge in [0, 0.05) is 25.7 Å². The van der Waals surface area contributed by atoms with E-state index in [9.17, 15) is 14.0 Å². The maximum absolute atomic E-state index is 14.3. The quantitative estimate of drug-likeness (QED) is 0.685. The van der Waals surface area contributed by atoms with Gasteiger partial charge in [0.25, 0.3) is 5.91 Å². The molecule has 31 heavy (non-hydrogen) atoms. The molecule has 1 aromatic rings. The lowest BCUT2D eigenvalue weighted by Crippen LogP contribution is -2.61. The van der Waals surface area contributed by atoms with Gasteiger partial charge in [-0.15, -0.1) is 0 Å². The van der Waals surface area contributed by atoms with Crippen LogP contribution in [0.2, 0.25) is 0 Å². The van der Waals surface area contributed by atoms with Gasteiger partial charge in [-0.3, -0.25) is 4.79 Å². The molecule has 2 amide bonds. The number of carbonyl (C=O) groups excluding carboxylic acids is 2. The summed E-state index contributed by atoms with van der Waals surface area (Å²) < 4.78 is 31.7. The van der Waals surface area contributed by atoms with Gasteiger partial charge in [-0.25, -0.2) is 9.18 Å². The zero-order chi connectivity index (χ0) is 23.4. The average molecular weight is 434 g/mol. The van der Waals surface area contributed by atoms with E-state index >= 15 is 0 Å². The molecule has 2 fully saturated rings. The lowest BCUT2D eigenvalue weighted by Gasteiger charge is -2.44. The number of likely N-dealkylation sites (N-methyl/N-ethyl adjacent to an activating group) is 1. The predicted molar refractivity (Wildman–Crippen MR) is 116 cm³/mol. The van der Waals surface area contributed by atoms with Crippen molar-refractivity contribution >= 4 is 24.6 Å². The van der Waals surface area contributed by atoms with Crippen molar-refractivity contribution in [3.05, 3.63) is 29.6 Å². The van der Waals surface area contributed by atoms with Crippen molar-refractivity contribution in [3.63, 3.8) is 0 Å². The molecular weight excluding hydrogens is 402 g/mol. The molecule has 2 aliphatic rings. The van der Waals surface area contributed by atoms with Crippen LogP contribution in [0.5, 0.6) is 0 Å². The number of benzene rings is 1. The molecular formula is C22H32BFN2O5. The topological polar surface area (TPSA) is 68.3 Å². The Morgan fingerprint density at radius 3 is 2.19 bits per heavy atom. The monoisotopic (exact) mass is 434 g/mol. The maximum Gasteiger partial charge on any atom is 0.494 e. The second-order valence-corrected chi connectivity index (χ2v) is 10.3. The molecule has 9 heteroatoms. The summed E-state index contributed by atoms with van der Waals surface area (Å²) in [7, 11) is 0.897. The van der Waals surface area contributed by atoms with Crippen LogP contribution < -0.4 is 5.46 Å². The minimum Gasteiger partial charge on any atom is -0.444 e. The Morgan fingerprint density at radius 2 is 1.68 bits per heavy atom. The van der Waals surface area contributed by atoms with Crippen molar-refractivity contribution in [3.8, 4) is 0 Å². The smallest absolute Gasteiger partial charge is 0.444 e. The van der Waals surface area contributed by atoms with Crippen molar-refractivity contribution in [2.24, 2.45) is 0 Å². The van der Waals surface area contributed by atoms with Gasteiger partial charge in [0.05, 0.1) is 17.2 Å². The SMILES string of the molecule is CN(C(=O)OC(C)(C)C)C1CN(C(=O)c2cc(F)cc(B3OC(C)(C)C(C)(C)O3)c2)C1. The molecule has 7 nitrogen and oxygen atoms in total. The van der Waals surface area contributed by atoms with Crippen LogP contribution in [0.4, 0.5) is 9.18 Å². The van der Waals surface area contributed by atoms with Crippen molar-refractivity contribution in [1.82, 2.24) is 9.80 Å². The minimum atomic E-state index is -0.755. The van der Waals surface area contributed by atoms with Gasteiger partial charge in [-0.2, -0.15) is 0 Å². The van der Waals surface area contributed by atoms with Gasteiger partial charge >= 0.3 is 13.2 Å². The molecule has 2 aliphatic heterocycles. The number of carbonyl (C=O) groups is 2. The van der Waals surface area contributed by atoms with Gasteiger partial charge in [0.2, 0.25) is 0 Å². The third-order valence-corrected chi connectivity index (χ3v) is 6.07. The van der Waals surface area contributed by atoms with Crippen LogP contribution in [-0.4, -0.2) is 71.9 Å². The van der Waals surface area contributed by atoms with Gasteiger partial charge < -0.3 is 23.8 Å². The zero-order valence-corrected chi connectivity index (χ0v) is 19.6. The molecule has 3 rings (SSSR count). The summed E-state index contributed by atoms with van der Waals surface area (Å²) in [6, 6.07) is 4.00. The lowest BCUT2D eigenvalue weighted by molar-refractivity contribution is -0.00207. The molecule has 0 aromatic heterocycles.